The smallest absolute Gasteiger partial charge is 0.246 e. The molecule has 3 unspecified atom stereocenters. The third kappa shape index (κ3) is 3.41. The van der Waals surface area contributed by atoms with Crippen molar-refractivity contribution in [3.05, 3.63) is 0 Å². The molecule has 0 bridgehead atoms. The zero-order valence-electron chi connectivity index (χ0n) is 14.3. The molecule has 2 fully saturated rings. The topological polar surface area (TPSA) is 49.4 Å². The van der Waals surface area contributed by atoms with Crippen LogP contribution in [-0.2, 0) is 9.59 Å². The lowest BCUT2D eigenvalue weighted by Crippen LogP contribution is -2.68. The monoisotopic (exact) mass is 294 g/mol. The molecule has 21 heavy (non-hydrogen) atoms. The molecule has 4 nitrogen and oxygen atoms in total. The van der Waals surface area contributed by atoms with E-state index in [1.54, 1.807) is 0 Å². The van der Waals surface area contributed by atoms with Gasteiger partial charge >= 0.3 is 0 Å². The Morgan fingerprint density at radius 2 is 1.76 bits per heavy atom. The van der Waals surface area contributed by atoms with Crippen LogP contribution >= 0.6 is 0 Å². The van der Waals surface area contributed by atoms with Gasteiger partial charge in [0.1, 0.15) is 12.1 Å². The molecule has 1 aliphatic carbocycles. The van der Waals surface area contributed by atoms with E-state index in [2.05, 4.69) is 12.2 Å². The van der Waals surface area contributed by atoms with E-state index in [4.69, 9.17) is 0 Å². The largest absolute Gasteiger partial charge is 0.342 e. The lowest BCUT2D eigenvalue weighted by atomic mass is 9.82. The van der Waals surface area contributed by atoms with Gasteiger partial charge in [-0.2, -0.15) is 0 Å². The van der Waals surface area contributed by atoms with Crippen molar-refractivity contribution in [1.82, 2.24) is 10.2 Å². The highest BCUT2D eigenvalue weighted by molar-refractivity contribution is 5.97. The molecular weight excluding hydrogens is 264 g/mol. The number of amides is 2. The van der Waals surface area contributed by atoms with Gasteiger partial charge in [-0.15, -0.1) is 0 Å². The SMILES string of the molecule is CC(C)C1C(=O)NC(C(C)(C)C)C(=O)N1CC(C)C1CC1. The van der Waals surface area contributed by atoms with Crippen molar-refractivity contribution in [2.45, 2.75) is 66.5 Å². The van der Waals surface area contributed by atoms with Crippen LogP contribution in [0.2, 0.25) is 0 Å². The number of hydrogen-bond acceptors (Lipinski definition) is 2. The van der Waals surface area contributed by atoms with Gasteiger partial charge in [0, 0.05) is 6.54 Å². The van der Waals surface area contributed by atoms with Gasteiger partial charge < -0.3 is 10.2 Å². The predicted octanol–water partition coefficient (Wildman–Crippen LogP) is 2.43. The highest BCUT2D eigenvalue weighted by atomic mass is 16.2. The van der Waals surface area contributed by atoms with Crippen LogP contribution in [0.3, 0.4) is 0 Å². The summed E-state index contributed by atoms with van der Waals surface area (Å²) in [5.41, 5.74) is -0.254. The second-order valence-electron chi connectivity index (χ2n) is 8.30. The maximum Gasteiger partial charge on any atom is 0.246 e. The quantitative estimate of drug-likeness (QED) is 0.865. The standard InChI is InChI=1S/C17H30N2O2/c1-10(2)13-15(20)18-14(17(4,5)6)16(21)19(13)9-11(3)12-7-8-12/h10-14H,7-9H2,1-6H3,(H,18,20). The molecule has 0 aromatic carbocycles. The van der Waals surface area contributed by atoms with Crippen molar-refractivity contribution < 1.29 is 9.59 Å². The lowest BCUT2D eigenvalue weighted by Gasteiger charge is -2.45. The highest BCUT2D eigenvalue weighted by Gasteiger charge is 2.47. The zero-order chi connectivity index (χ0) is 15.9. The third-order valence-corrected chi connectivity index (χ3v) is 4.83. The lowest BCUT2D eigenvalue weighted by molar-refractivity contribution is -0.155. The minimum absolute atomic E-state index is 0.00696. The Labute approximate surface area is 128 Å². The van der Waals surface area contributed by atoms with Gasteiger partial charge in [-0.3, -0.25) is 9.59 Å². The number of carbonyl (C=O) groups excluding carboxylic acids is 2. The number of rotatable bonds is 4. The van der Waals surface area contributed by atoms with E-state index < -0.39 is 6.04 Å². The fourth-order valence-electron chi connectivity index (χ4n) is 3.31. The van der Waals surface area contributed by atoms with Gasteiger partial charge in [0.25, 0.3) is 0 Å². The van der Waals surface area contributed by atoms with Crippen LogP contribution in [0.4, 0.5) is 0 Å². The molecule has 0 aromatic heterocycles. The van der Waals surface area contributed by atoms with E-state index in [9.17, 15) is 9.59 Å². The van der Waals surface area contributed by atoms with Crippen LogP contribution in [0.25, 0.3) is 0 Å². The molecular formula is C17H30N2O2. The molecule has 1 saturated heterocycles. The average molecular weight is 294 g/mol. The van der Waals surface area contributed by atoms with Crippen LogP contribution in [-0.4, -0.2) is 35.3 Å². The number of nitrogens with zero attached hydrogens (tertiary/aromatic N) is 1. The second-order valence-corrected chi connectivity index (χ2v) is 8.30. The van der Waals surface area contributed by atoms with E-state index in [-0.39, 0.29) is 29.2 Å². The molecule has 2 amide bonds. The Bertz CT molecular complexity index is 421. The molecule has 0 radical (unpaired) electrons. The molecule has 0 spiro atoms. The molecule has 0 aromatic rings. The Kier molecular flexibility index (Phi) is 4.36. The highest BCUT2D eigenvalue weighted by Crippen LogP contribution is 2.38. The van der Waals surface area contributed by atoms with E-state index in [1.165, 1.54) is 12.8 Å². The van der Waals surface area contributed by atoms with Crippen LogP contribution in [0.5, 0.6) is 0 Å². The van der Waals surface area contributed by atoms with Gasteiger partial charge in [0.2, 0.25) is 11.8 Å². The van der Waals surface area contributed by atoms with Gasteiger partial charge in [0.15, 0.2) is 0 Å². The third-order valence-electron chi connectivity index (χ3n) is 4.83. The predicted molar refractivity (Wildman–Crippen MR) is 83.6 cm³/mol. The second kappa shape index (κ2) is 5.62. The molecule has 1 aliphatic heterocycles. The summed E-state index contributed by atoms with van der Waals surface area (Å²) in [6.45, 7) is 13.0. The van der Waals surface area contributed by atoms with Crippen molar-refractivity contribution in [1.29, 1.82) is 0 Å². The van der Waals surface area contributed by atoms with E-state index >= 15 is 0 Å². The van der Waals surface area contributed by atoms with Crippen molar-refractivity contribution in [3.63, 3.8) is 0 Å². The Morgan fingerprint density at radius 1 is 1.19 bits per heavy atom. The summed E-state index contributed by atoms with van der Waals surface area (Å²) >= 11 is 0. The number of nitrogens with one attached hydrogen (secondary N) is 1. The fourth-order valence-corrected chi connectivity index (χ4v) is 3.31. The maximum absolute atomic E-state index is 12.9. The molecule has 4 heteroatoms. The van der Waals surface area contributed by atoms with E-state index in [1.807, 2.05) is 39.5 Å². The molecule has 1 N–H and O–H groups in total. The van der Waals surface area contributed by atoms with Crippen LogP contribution in [0, 0.1) is 23.2 Å². The van der Waals surface area contributed by atoms with Gasteiger partial charge in [-0.25, -0.2) is 0 Å². The van der Waals surface area contributed by atoms with Gasteiger partial charge in [-0.1, -0.05) is 41.5 Å². The summed E-state index contributed by atoms with van der Waals surface area (Å²) in [6.07, 6.45) is 2.54. The molecule has 1 saturated carbocycles. The van der Waals surface area contributed by atoms with Gasteiger partial charge in [-0.05, 0) is 36.0 Å². The van der Waals surface area contributed by atoms with Crippen molar-refractivity contribution >= 4 is 11.8 Å². The minimum atomic E-state index is -0.411. The number of piperazine rings is 1. The number of carbonyl (C=O) groups is 2. The average Bonchev–Trinajstić information content (AvgIpc) is 3.15. The van der Waals surface area contributed by atoms with Crippen molar-refractivity contribution in [2.24, 2.45) is 23.2 Å². The molecule has 2 aliphatic rings. The van der Waals surface area contributed by atoms with E-state index in [0.717, 1.165) is 5.92 Å². The first-order valence-corrected chi connectivity index (χ1v) is 8.23. The maximum atomic E-state index is 12.9. The first-order valence-electron chi connectivity index (χ1n) is 8.23. The van der Waals surface area contributed by atoms with Crippen molar-refractivity contribution in [2.75, 3.05) is 6.54 Å². The van der Waals surface area contributed by atoms with Gasteiger partial charge in [0.05, 0.1) is 0 Å². The Morgan fingerprint density at radius 3 is 2.19 bits per heavy atom. The summed E-state index contributed by atoms with van der Waals surface area (Å²) in [7, 11) is 0. The Balaban J connectivity index is 2.23. The summed E-state index contributed by atoms with van der Waals surface area (Å²) in [6, 6.07) is -0.733. The molecule has 3 atom stereocenters. The molecule has 2 rings (SSSR count). The zero-order valence-corrected chi connectivity index (χ0v) is 14.3. The summed E-state index contributed by atoms with van der Waals surface area (Å²) in [5, 5.41) is 2.96. The first-order chi connectivity index (χ1) is 9.62. The summed E-state index contributed by atoms with van der Waals surface area (Å²) in [5.74, 6) is 1.47. The van der Waals surface area contributed by atoms with Crippen molar-refractivity contribution in [3.8, 4) is 0 Å². The Hall–Kier alpha value is -1.06. The fraction of sp³-hybridized carbons (Fsp3) is 0.882. The normalized spacial score (nSPS) is 28.8. The van der Waals surface area contributed by atoms with Crippen LogP contribution < -0.4 is 5.32 Å². The molecule has 120 valence electrons. The van der Waals surface area contributed by atoms with Crippen LogP contribution in [0.15, 0.2) is 0 Å². The summed E-state index contributed by atoms with van der Waals surface area (Å²) in [4.78, 5) is 27.3. The first kappa shape index (κ1) is 16.3. The minimum Gasteiger partial charge on any atom is -0.342 e. The molecule has 1 heterocycles. The summed E-state index contributed by atoms with van der Waals surface area (Å²) < 4.78 is 0. The van der Waals surface area contributed by atoms with E-state index in [0.29, 0.717) is 12.5 Å². The van der Waals surface area contributed by atoms with Crippen LogP contribution in [0.1, 0.15) is 54.4 Å². The number of hydrogen-bond donors (Lipinski definition) is 1.